The highest BCUT2D eigenvalue weighted by atomic mass is 79.9. The lowest BCUT2D eigenvalue weighted by Crippen LogP contribution is -1.98. The summed E-state index contributed by atoms with van der Waals surface area (Å²) in [6, 6.07) is 9.76. The molecule has 0 saturated heterocycles. The third-order valence-corrected chi connectivity index (χ3v) is 3.69. The monoisotopic (exact) mass is 343 g/mol. The molecule has 2 aromatic rings. The Bertz CT molecular complexity index is 520. The highest BCUT2D eigenvalue weighted by Crippen LogP contribution is 2.29. The molecule has 0 aliphatic rings. The summed E-state index contributed by atoms with van der Waals surface area (Å²) in [6.07, 6.45) is 2.54. The van der Waals surface area contributed by atoms with Gasteiger partial charge in [-0.1, -0.05) is 33.6 Å². The SMILES string of the molecule is Cc1ccc(CC(Cl)c2cc(Cl)cc(Br)c2)nc1. The molecule has 2 rings (SSSR count). The predicted molar refractivity (Wildman–Crippen MR) is 80.4 cm³/mol. The van der Waals surface area contributed by atoms with Gasteiger partial charge < -0.3 is 0 Å². The molecule has 94 valence electrons. The highest BCUT2D eigenvalue weighted by molar-refractivity contribution is 9.10. The van der Waals surface area contributed by atoms with Crippen molar-refractivity contribution in [3.05, 3.63) is 62.8 Å². The number of hydrogen-bond acceptors (Lipinski definition) is 1. The molecule has 0 fully saturated rings. The smallest absolute Gasteiger partial charge is 0.0641 e. The second-order valence-corrected chi connectivity index (χ2v) is 6.08. The van der Waals surface area contributed by atoms with Gasteiger partial charge in [0.15, 0.2) is 0 Å². The zero-order valence-electron chi connectivity index (χ0n) is 9.83. The molecule has 1 aromatic carbocycles. The van der Waals surface area contributed by atoms with Crippen molar-refractivity contribution < 1.29 is 0 Å². The minimum atomic E-state index is -0.129. The fraction of sp³-hybridized carbons (Fsp3) is 0.214. The number of pyridine rings is 1. The van der Waals surface area contributed by atoms with Crippen molar-refractivity contribution in [3.8, 4) is 0 Å². The maximum absolute atomic E-state index is 6.41. The number of benzene rings is 1. The zero-order chi connectivity index (χ0) is 13.1. The Morgan fingerprint density at radius 3 is 2.67 bits per heavy atom. The summed E-state index contributed by atoms with van der Waals surface area (Å²) >= 11 is 15.8. The number of halogens is 3. The van der Waals surface area contributed by atoms with Crippen molar-refractivity contribution in [2.75, 3.05) is 0 Å². The largest absolute Gasteiger partial charge is 0.261 e. The van der Waals surface area contributed by atoms with E-state index in [4.69, 9.17) is 23.2 Å². The molecule has 1 heterocycles. The van der Waals surface area contributed by atoms with Gasteiger partial charge in [0.2, 0.25) is 0 Å². The van der Waals surface area contributed by atoms with Crippen molar-refractivity contribution in [1.82, 2.24) is 4.98 Å². The fourth-order valence-corrected chi connectivity index (χ4v) is 2.85. The molecular formula is C14H12BrCl2N. The first-order valence-electron chi connectivity index (χ1n) is 5.56. The van der Waals surface area contributed by atoms with Crippen LogP contribution in [0.5, 0.6) is 0 Å². The molecule has 18 heavy (non-hydrogen) atoms. The average molecular weight is 345 g/mol. The Hall–Kier alpha value is -0.570. The molecule has 0 radical (unpaired) electrons. The molecule has 1 aromatic heterocycles. The van der Waals surface area contributed by atoms with E-state index < -0.39 is 0 Å². The highest BCUT2D eigenvalue weighted by Gasteiger charge is 2.11. The lowest BCUT2D eigenvalue weighted by molar-refractivity contribution is 0.878. The van der Waals surface area contributed by atoms with Crippen LogP contribution in [0.15, 0.2) is 41.0 Å². The van der Waals surface area contributed by atoms with E-state index in [0.717, 1.165) is 21.3 Å². The third-order valence-electron chi connectivity index (χ3n) is 2.61. The lowest BCUT2D eigenvalue weighted by Gasteiger charge is -2.10. The fourth-order valence-electron chi connectivity index (χ4n) is 1.68. The quantitative estimate of drug-likeness (QED) is 0.686. The first kappa shape index (κ1) is 13.9. The summed E-state index contributed by atoms with van der Waals surface area (Å²) in [5.74, 6) is 0. The van der Waals surface area contributed by atoms with Crippen molar-refractivity contribution in [2.24, 2.45) is 0 Å². The molecule has 0 amide bonds. The molecule has 0 N–H and O–H groups in total. The molecular weight excluding hydrogens is 333 g/mol. The number of alkyl halides is 1. The Morgan fingerprint density at radius 2 is 2.06 bits per heavy atom. The van der Waals surface area contributed by atoms with Gasteiger partial charge in [-0.25, -0.2) is 0 Å². The van der Waals surface area contributed by atoms with Crippen LogP contribution >= 0.6 is 39.1 Å². The van der Waals surface area contributed by atoms with E-state index in [1.54, 1.807) is 0 Å². The van der Waals surface area contributed by atoms with Crippen LogP contribution in [-0.2, 0) is 6.42 Å². The van der Waals surface area contributed by atoms with Crippen LogP contribution in [0.2, 0.25) is 5.02 Å². The van der Waals surface area contributed by atoms with Crippen molar-refractivity contribution in [3.63, 3.8) is 0 Å². The maximum atomic E-state index is 6.41. The predicted octanol–water partition coefficient (Wildman–Crippen LogP) is 5.33. The second kappa shape index (κ2) is 6.05. The summed E-state index contributed by atoms with van der Waals surface area (Å²) in [4.78, 5) is 4.36. The van der Waals surface area contributed by atoms with Crippen LogP contribution in [0.4, 0.5) is 0 Å². The average Bonchev–Trinajstić information content (AvgIpc) is 2.31. The topological polar surface area (TPSA) is 12.9 Å². The van der Waals surface area contributed by atoms with Gasteiger partial charge >= 0.3 is 0 Å². The zero-order valence-corrected chi connectivity index (χ0v) is 12.9. The molecule has 1 atom stereocenters. The molecule has 1 unspecified atom stereocenters. The first-order valence-corrected chi connectivity index (χ1v) is 7.17. The van der Waals surface area contributed by atoms with Crippen molar-refractivity contribution in [2.45, 2.75) is 18.7 Å². The number of aromatic nitrogens is 1. The molecule has 0 saturated carbocycles. The number of rotatable bonds is 3. The summed E-state index contributed by atoms with van der Waals surface area (Å²) < 4.78 is 0.938. The normalized spacial score (nSPS) is 12.4. The van der Waals surface area contributed by atoms with Crippen molar-refractivity contribution >= 4 is 39.1 Å². The van der Waals surface area contributed by atoms with E-state index in [1.165, 1.54) is 0 Å². The molecule has 0 spiro atoms. The van der Waals surface area contributed by atoms with Gasteiger partial charge in [0.05, 0.1) is 5.38 Å². The van der Waals surface area contributed by atoms with Gasteiger partial charge in [0.25, 0.3) is 0 Å². The molecule has 0 bridgehead atoms. The van der Waals surface area contributed by atoms with E-state index in [2.05, 4.69) is 20.9 Å². The van der Waals surface area contributed by atoms with Crippen LogP contribution in [0.1, 0.15) is 22.2 Å². The second-order valence-electron chi connectivity index (χ2n) is 4.20. The number of nitrogens with zero attached hydrogens (tertiary/aromatic N) is 1. The summed E-state index contributed by atoms with van der Waals surface area (Å²) in [5, 5.41) is 0.553. The molecule has 4 heteroatoms. The van der Waals surface area contributed by atoms with E-state index in [0.29, 0.717) is 11.4 Å². The number of hydrogen-bond donors (Lipinski definition) is 0. The Labute approximate surface area is 125 Å². The van der Waals surface area contributed by atoms with E-state index in [1.807, 2.05) is 43.5 Å². The van der Waals surface area contributed by atoms with Crippen LogP contribution in [0.3, 0.4) is 0 Å². The van der Waals surface area contributed by atoms with Crippen molar-refractivity contribution in [1.29, 1.82) is 0 Å². The van der Waals surface area contributed by atoms with Gasteiger partial charge in [0.1, 0.15) is 0 Å². The minimum absolute atomic E-state index is 0.129. The lowest BCUT2D eigenvalue weighted by atomic mass is 10.1. The van der Waals surface area contributed by atoms with E-state index in [9.17, 15) is 0 Å². The van der Waals surface area contributed by atoms with Crippen LogP contribution in [-0.4, -0.2) is 4.98 Å². The van der Waals surface area contributed by atoms with Gasteiger partial charge in [-0.15, -0.1) is 11.6 Å². The number of aryl methyl sites for hydroxylation is 1. The Morgan fingerprint density at radius 1 is 1.28 bits per heavy atom. The van der Waals surface area contributed by atoms with E-state index >= 15 is 0 Å². The minimum Gasteiger partial charge on any atom is -0.261 e. The van der Waals surface area contributed by atoms with Crippen LogP contribution in [0, 0.1) is 6.92 Å². The Balaban J connectivity index is 2.16. The molecule has 0 aliphatic carbocycles. The molecule has 0 aliphatic heterocycles. The maximum Gasteiger partial charge on any atom is 0.0641 e. The third kappa shape index (κ3) is 3.71. The van der Waals surface area contributed by atoms with Gasteiger partial charge in [-0.2, -0.15) is 0 Å². The summed E-state index contributed by atoms with van der Waals surface area (Å²) in [7, 11) is 0. The molecule has 1 nitrogen and oxygen atoms in total. The van der Waals surface area contributed by atoms with E-state index in [-0.39, 0.29) is 5.38 Å². The first-order chi connectivity index (χ1) is 8.54. The van der Waals surface area contributed by atoms with Gasteiger partial charge in [-0.05, 0) is 42.3 Å². The van der Waals surface area contributed by atoms with Gasteiger partial charge in [-0.3, -0.25) is 4.98 Å². The van der Waals surface area contributed by atoms with Crippen LogP contribution < -0.4 is 0 Å². The Kier molecular flexibility index (Phi) is 4.66. The van der Waals surface area contributed by atoms with Gasteiger partial charge in [0, 0.05) is 27.8 Å². The summed E-state index contributed by atoms with van der Waals surface area (Å²) in [5.41, 5.74) is 3.13. The van der Waals surface area contributed by atoms with Crippen LogP contribution in [0.25, 0.3) is 0 Å². The standard InChI is InChI=1S/C14H12BrCl2N/c1-9-2-3-13(18-8-9)7-14(17)10-4-11(15)6-12(16)5-10/h2-6,8,14H,7H2,1H3. The summed E-state index contributed by atoms with van der Waals surface area (Å²) in [6.45, 7) is 2.02.